The number of hydrogen-bond acceptors (Lipinski definition) is 6. The van der Waals surface area contributed by atoms with Gasteiger partial charge in [0.25, 0.3) is 0 Å². The number of aromatic nitrogens is 1. The summed E-state index contributed by atoms with van der Waals surface area (Å²) in [6.07, 6.45) is 1.83. The number of amides is 1. The highest BCUT2D eigenvalue weighted by atomic mass is 16.7. The van der Waals surface area contributed by atoms with E-state index >= 15 is 0 Å². The molecule has 1 aromatic heterocycles. The normalized spacial score (nSPS) is 17.1. The predicted molar refractivity (Wildman–Crippen MR) is 102 cm³/mol. The maximum absolute atomic E-state index is 12.4. The van der Waals surface area contributed by atoms with E-state index in [1.807, 2.05) is 31.3 Å². The van der Waals surface area contributed by atoms with Crippen molar-refractivity contribution in [2.45, 2.75) is 13.5 Å². The van der Waals surface area contributed by atoms with E-state index in [0.29, 0.717) is 18.0 Å². The number of rotatable bonds is 5. The maximum atomic E-state index is 12.4. The van der Waals surface area contributed by atoms with Gasteiger partial charge in [-0.2, -0.15) is 0 Å². The Morgan fingerprint density at radius 2 is 1.89 bits per heavy atom. The minimum absolute atomic E-state index is 0.00887. The molecule has 3 heterocycles. The third-order valence-corrected chi connectivity index (χ3v) is 5.00. The van der Waals surface area contributed by atoms with Gasteiger partial charge in [-0.3, -0.25) is 19.6 Å². The van der Waals surface area contributed by atoms with Crippen molar-refractivity contribution in [3.05, 3.63) is 47.8 Å². The Bertz CT molecular complexity index is 819. The first-order valence-electron chi connectivity index (χ1n) is 9.22. The van der Waals surface area contributed by atoms with Gasteiger partial charge in [-0.1, -0.05) is 6.07 Å². The van der Waals surface area contributed by atoms with Gasteiger partial charge in [0, 0.05) is 56.4 Å². The van der Waals surface area contributed by atoms with Gasteiger partial charge in [0.2, 0.25) is 12.7 Å². The lowest BCUT2D eigenvalue weighted by Crippen LogP contribution is -2.48. The molecule has 0 unspecified atom stereocenters. The van der Waals surface area contributed by atoms with E-state index in [1.54, 1.807) is 6.07 Å². The van der Waals surface area contributed by atoms with Gasteiger partial charge < -0.3 is 14.8 Å². The number of fused-ring (bicyclic) bond motifs is 1. The van der Waals surface area contributed by atoms with Gasteiger partial charge in [0.1, 0.15) is 0 Å². The van der Waals surface area contributed by atoms with Crippen LogP contribution in [-0.2, 0) is 11.3 Å². The van der Waals surface area contributed by atoms with Crippen molar-refractivity contribution < 1.29 is 14.3 Å². The second-order valence-electron chi connectivity index (χ2n) is 6.92. The molecule has 1 N–H and O–H groups in total. The summed E-state index contributed by atoms with van der Waals surface area (Å²) in [6.45, 7) is 7.26. The Labute approximate surface area is 158 Å². The van der Waals surface area contributed by atoms with Crippen molar-refractivity contribution in [1.29, 1.82) is 0 Å². The van der Waals surface area contributed by atoms with Crippen LogP contribution in [0.3, 0.4) is 0 Å². The molecule has 27 heavy (non-hydrogen) atoms. The molecule has 7 heteroatoms. The topological polar surface area (TPSA) is 66.9 Å². The fourth-order valence-electron chi connectivity index (χ4n) is 3.41. The summed E-state index contributed by atoms with van der Waals surface area (Å²) in [7, 11) is 0. The molecule has 1 amide bonds. The van der Waals surface area contributed by atoms with Crippen LogP contribution < -0.4 is 14.8 Å². The highest BCUT2D eigenvalue weighted by Gasteiger charge is 2.20. The van der Waals surface area contributed by atoms with Crippen LogP contribution in [0.4, 0.5) is 5.69 Å². The number of nitrogens with zero attached hydrogens (tertiary/aromatic N) is 3. The molecule has 142 valence electrons. The lowest BCUT2D eigenvalue weighted by molar-refractivity contribution is -0.117. The third kappa shape index (κ3) is 4.37. The number of piperazine rings is 1. The van der Waals surface area contributed by atoms with Crippen LogP contribution in [0.25, 0.3) is 0 Å². The number of carbonyl (C=O) groups excluding carboxylic acids is 1. The zero-order valence-corrected chi connectivity index (χ0v) is 15.5. The SMILES string of the molecule is Cc1ncccc1CN1CCN(CC(=O)Nc2ccc3c(c2)OCO3)CC1. The van der Waals surface area contributed by atoms with Crippen molar-refractivity contribution in [3.8, 4) is 11.5 Å². The van der Waals surface area contributed by atoms with Gasteiger partial charge in [-0.25, -0.2) is 0 Å². The molecular weight excluding hydrogens is 344 g/mol. The minimum Gasteiger partial charge on any atom is -0.454 e. The van der Waals surface area contributed by atoms with Crippen molar-refractivity contribution in [2.75, 3.05) is 44.8 Å². The Kier molecular flexibility index (Phi) is 5.22. The number of benzene rings is 1. The standard InChI is InChI=1S/C20H24N4O3/c1-15-16(3-2-6-21-15)12-23-7-9-24(10-8-23)13-20(25)22-17-4-5-18-19(11-17)27-14-26-18/h2-6,11H,7-10,12-14H2,1H3,(H,22,25). The van der Waals surface area contributed by atoms with Crippen LogP contribution in [0.5, 0.6) is 11.5 Å². The fraction of sp³-hybridized carbons (Fsp3) is 0.400. The first-order chi connectivity index (χ1) is 13.2. The second kappa shape index (κ2) is 7.94. The largest absolute Gasteiger partial charge is 0.454 e. The molecule has 1 aromatic carbocycles. The third-order valence-electron chi connectivity index (χ3n) is 5.00. The summed E-state index contributed by atoms with van der Waals surface area (Å²) in [4.78, 5) is 21.3. The molecule has 0 spiro atoms. The van der Waals surface area contributed by atoms with Crippen LogP contribution >= 0.6 is 0 Å². The molecule has 2 aliphatic rings. The zero-order valence-electron chi connectivity index (χ0n) is 15.5. The molecule has 0 atom stereocenters. The quantitative estimate of drug-likeness (QED) is 0.869. The summed E-state index contributed by atoms with van der Waals surface area (Å²) in [5.74, 6) is 1.38. The van der Waals surface area contributed by atoms with Crippen molar-refractivity contribution >= 4 is 11.6 Å². The Morgan fingerprint density at radius 1 is 1.11 bits per heavy atom. The predicted octanol–water partition coefficient (Wildman–Crippen LogP) is 1.88. The molecule has 2 aliphatic heterocycles. The molecule has 1 saturated heterocycles. The summed E-state index contributed by atoms with van der Waals surface area (Å²) in [6, 6.07) is 9.57. The first kappa shape index (κ1) is 17.8. The monoisotopic (exact) mass is 368 g/mol. The number of hydrogen-bond donors (Lipinski definition) is 1. The summed E-state index contributed by atoms with van der Waals surface area (Å²) >= 11 is 0. The van der Waals surface area contributed by atoms with Crippen molar-refractivity contribution in [2.24, 2.45) is 0 Å². The van der Waals surface area contributed by atoms with E-state index in [1.165, 1.54) is 5.56 Å². The number of aryl methyl sites for hydroxylation is 1. The molecule has 0 bridgehead atoms. The molecule has 0 saturated carbocycles. The Hall–Kier alpha value is -2.64. The smallest absolute Gasteiger partial charge is 0.238 e. The molecular formula is C20H24N4O3. The van der Waals surface area contributed by atoms with E-state index < -0.39 is 0 Å². The van der Waals surface area contributed by atoms with Crippen LogP contribution in [0.15, 0.2) is 36.5 Å². The van der Waals surface area contributed by atoms with E-state index in [4.69, 9.17) is 9.47 Å². The number of anilines is 1. The first-order valence-corrected chi connectivity index (χ1v) is 9.22. The number of carbonyl (C=O) groups is 1. The number of ether oxygens (including phenoxy) is 2. The highest BCUT2D eigenvalue weighted by Crippen LogP contribution is 2.34. The van der Waals surface area contributed by atoms with E-state index in [0.717, 1.165) is 44.1 Å². The maximum Gasteiger partial charge on any atom is 0.238 e. The second-order valence-corrected chi connectivity index (χ2v) is 6.92. The van der Waals surface area contributed by atoms with Gasteiger partial charge in [-0.15, -0.1) is 0 Å². The van der Waals surface area contributed by atoms with E-state index in [-0.39, 0.29) is 12.7 Å². The molecule has 4 rings (SSSR count). The van der Waals surface area contributed by atoms with Crippen molar-refractivity contribution in [3.63, 3.8) is 0 Å². The fourth-order valence-corrected chi connectivity index (χ4v) is 3.41. The minimum atomic E-state index is -0.00887. The van der Waals surface area contributed by atoms with Gasteiger partial charge in [0.15, 0.2) is 11.5 Å². The zero-order chi connectivity index (χ0) is 18.6. The average molecular weight is 368 g/mol. The van der Waals surface area contributed by atoms with Crippen LogP contribution in [0.1, 0.15) is 11.3 Å². The van der Waals surface area contributed by atoms with Crippen molar-refractivity contribution in [1.82, 2.24) is 14.8 Å². The lowest BCUT2D eigenvalue weighted by Gasteiger charge is -2.34. The average Bonchev–Trinajstić information content (AvgIpc) is 3.13. The molecule has 0 radical (unpaired) electrons. The van der Waals surface area contributed by atoms with Gasteiger partial charge >= 0.3 is 0 Å². The number of nitrogens with one attached hydrogen (secondary N) is 1. The van der Waals surface area contributed by atoms with Crippen LogP contribution in [-0.4, -0.2) is 60.2 Å². The summed E-state index contributed by atoms with van der Waals surface area (Å²) in [5, 5.41) is 2.94. The van der Waals surface area contributed by atoms with Gasteiger partial charge in [0.05, 0.1) is 6.54 Å². The molecule has 0 aliphatic carbocycles. The van der Waals surface area contributed by atoms with Crippen LogP contribution in [0.2, 0.25) is 0 Å². The van der Waals surface area contributed by atoms with Crippen LogP contribution in [0, 0.1) is 6.92 Å². The Morgan fingerprint density at radius 3 is 2.70 bits per heavy atom. The van der Waals surface area contributed by atoms with E-state index in [9.17, 15) is 4.79 Å². The Balaban J connectivity index is 1.24. The molecule has 2 aromatic rings. The lowest BCUT2D eigenvalue weighted by atomic mass is 10.2. The summed E-state index contributed by atoms with van der Waals surface area (Å²) in [5.41, 5.74) is 3.09. The van der Waals surface area contributed by atoms with E-state index in [2.05, 4.69) is 26.2 Å². The molecule has 7 nitrogen and oxygen atoms in total. The highest BCUT2D eigenvalue weighted by molar-refractivity contribution is 5.92. The number of pyridine rings is 1. The van der Waals surface area contributed by atoms with Gasteiger partial charge in [-0.05, 0) is 30.7 Å². The molecule has 1 fully saturated rings. The summed E-state index contributed by atoms with van der Waals surface area (Å²) < 4.78 is 10.6.